The van der Waals surface area contributed by atoms with E-state index in [1.165, 1.54) is 6.07 Å². The van der Waals surface area contributed by atoms with Gasteiger partial charge in [0.05, 0.1) is 34.8 Å². The van der Waals surface area contributed by atoms with Crippen LogP contribution in [0.25, 0.3) is 22.3 Å². The molecular formula is C32H25ClFN3O5. The van der Waals surface area contributed by atoms with Crippen LogP contribution in [0.15, 0.2) is 72.9 Å². The molecule has 0 spiro atoms. The highest BCUT2D eigenvalue weighted by atomic mass is 35.5. The van der Waals surface area contributed by atoms with E-state index in [9.17, 15) is 14.3 Å². The van der Waals surface area contributed by atoms with Crippen molar-refractivity contribution in [3.8, 4) is 22.8 Å². The van der Waals surface area contributed by atoms with Gasteiger partial charge in [-0.15, -0.1) is 0 Å². The van der Waals surface area contributed by atoms with Crippen LogP contribution in [0.3, 0.4) is 0 Å². The zero-order valence-electron chi connectivity index (χ0n) is 22.5. The fraction of sp³-hybridized carbons (Fsp3) is 0.219. The van der Waals surface area contributed by atoms with Crippen molar-refractivity contribution in [1.82, 2.24) is 14.5 Å². The molecule has 2 aromatic heterocycles. The van der Waals surface area contributed by atoms with Crippen molar-refractivity contribution in [1.29, 1.82) is 0 Å². The number of aromatic nitrogens is 3. The number of carboxylic acids is 1. The summed E-state index contributed by atoms with van der Waals surface area (Å²) < 4.78 is 34.8. The van der Waals surface area contributed by atoms with Crippen LogP contribution in [-0.2, 0) is 23.5 Å². The molecule has 0 unspecified atom stereocenters. The van der Waals surface area contributed by atoms with Crippen molar-refractivity contribution >= 4 is 28.6 Å². The van der Waals surface area contributed by atoms with Crippen molar-refractivity contribution < 1.29 is 28.5 Å². The molecule has 3 aromatic carbocycles. The van der Waals surface area contributed by atoms with E-state index in [0.717, 1.165) is 41.0 Å². The zero-order valence-corrected chi connectivity index (χ0v) is 23.3. The normalized spacial score (nSPS) is 19.2. The maximum Gasteiger partial charge on any atom is 0.335 e. The largest absolute Gasteiger partial charge is 0.478 e. The first kappa shape index (κ1) is 26.4. The second-order valence-electron chi connectivity index (χ2n) is 10.6. The van der Waals surface area contributed by atoms with Crippen LogP contribution in [0, 0.1) is 5.82 Å². The lowest BCUT2D eigenvalue weighted by Gasteiger charge is -2.27. The van der Waals surface area contributed by atoms with Crippen LogP contribution in [0.5, 0.6) is 11.5 Å². The number of imidazole rings is 1. The first-order valence-corrected chi connectivity index (χ1v) is 13.9. The summed E-state index contributed by atoms with van der Waals surface area (Å²) >= 11 is 5.94. The lowest BCUT2D eigenvalue weighted by molar-refractivity contribution is -0.0705. The van der Waals surface area contributed by atoms with Gasteiger partial charge >= 0.3 is 5.97 Å². The second-order valence-corrected chi connectivity index (χ2v) is 11.0. The number of aromatic carboxylic acids is 1. The van der Waals surface area contributed by atoms with Gasteiger partial charge in [-0.3, -0.25) is 4.98 Å². The Kier molecular flexibility index (Phi) is 6.36. The summed E-state index contributed by atoms with van der Waals surface area (Å²) in [5.74, 6) is -1.15. The van der Waals surface area contributed by atoms with Crippen LogP contribution in [0.2, 0.25) is 5.02 Å². The average molecular weight is 586 g/mol. The van der Waals surface area contributed by atoms with Gasteiger partial charge in [-0.05, 0) is 48.4 Å². The van der Waals surface area contributed by atoms with E-state index >= 15 is 0 Å². The molecule has 2 aliphatic rings. The zero-order chi connectivity index (χ0) is 29.0. The Bertz CT molecular complexity index is 1850. The van der Waals surface area contributed by atoms with Gasteiger partial charge in [0.2, 0.25) is 0 Å². The number of pyridine rings is 1. The van der Waals surface area contributed by atoms with Crippen LogP contribution in [0.1, 0.15) is 40.7 Å². The smallest absolute Gasteiger partial charge is 0.335 e. The monoisotopic (exact) mass is 585 g/mol. The molecule has 0 saturated carbocycles. The Balaban J connectivity index is 1.17. The number of halogens is 2. The van der Waals surface area contributed by atoms with Crippen LogP contribution in [0.4, 0.5) is 4.39 Å². The quantitative estimate of drug-likeness (QED) is 0.229. The molecule has 1 N–H and O–H groups in total. The number of hydrogen-bond donors (Lipinski definition) is 1. The number of ether oxygens (including phenoxy) is 3. The summed E-state index contributed by atoms with van der Waals surface area (Å²) in [6.45, 7) is 3.00. The molecule has 0 radical (unpaired) electrons. The number of hydrogen-bond acceptors (Lipinski definition) is 6. The van der Waals surface area contributed by atoms with Crippen molar-refractivity contribution in [2.45, 2.75) is 38.2 Å². The van der Waals surface area contributed by atoms with Gasteiger partial charge in [0.15, 0.2) is 11.5 Å². The molecule has 7 rings (SSSR count). The third-order valence-corrected chi connectivity index (χ3v) is 7.97. The predicted molar refractivity (Wildman–Crippen MR) is 154 cm³/mol. The van der Waals surface area contributed by atoms with Gasteiger partial charge < -0.3 is 23.9 Å². The fourth-order valence-corrected chi connectivity index (χ4v) is 5.61. The molecule has 0 aliphatic carbocycles. The summed E-state index contributed by atoms with van der Waals surface area (Å²) in [6, 6.07) is 19.0. The number of fused-ring (bicyclic) bond motifs is 2. The maximum atomic E-state index is 14.8. The molecule has 10 heteroatoms. The minimum Gasteiger partial charge on any atom is -0.478 e. The highest BCUT2D eigenvalue weighted by Gasteiger charge is 2.42. The molecular weight excluding hydrogens is 561 g/mol. The second kappa shape index (κ2) is 10.1. The molecule has 1 saturated heterocycles. The van der Waals surface area contributed by atoms with Gasteiger partial charge in [0.1, 0.15) is 17.3 Å². The van der Waals surface area contributed by atoms with E-state index in [4.69, 9.17) is 30.8 Å². The minimum atomic E-state index is -1.38. The summed E-state index contributed by atoms with van der Waals surface area (Å²) in [7, 11) is 0. The fourth-order valence-electron chi connectivity index (χ4n) is 5.45. The van der Waals surface area contributed by atoms with Crippen molar-refractivity contribution in [2.24, 2.45) is 0 Å². The number of carboxylic acid groups (broad SMARTS) is 1. The van der Waals surface area contributed by atoms with E-state index in [2.05, 4.69) is 9.55 Å². The summed E-state index contributed by atoms with van der Waals surface area (Å²) in [5, 5.41) is 9.79. The molecule has 2 aliphatic heterocycles. The van der Waals surface area contributed by atoms with E-state index in [0.29, 0.717) is 30.2 Å². The van der Waals surface area contributed by atoms with E-state index in [1.54, 1.807) is 49.5 Å². The lowest BCUT2D eigenvalue weighted by Crippen LogP contribution is -2.32. The van der Waals surface area contributed by atoms with Gasteiger partial charge in [-0.1, -0.05) is 35.9 Å². The van der Waals surface area contributed by atoms with Gasteiger partial charge in [0, 0.05) is 42.8 Å². The van der Waals surface area contributed by atoms with Crippen molar-refractivity contribution in [2.75, 3.05) is 6.61 Å². The lowest BCUT2D eigenvalue weighted by atomic mass is 10.1. The number of nitrogens with zero attached hydrogens (tertiary/aromatic N) is 3. The van der Waals surface area contributed by atoms with E-state index in [1.807, 2.05) is 24.3 Å². The Morgan fingerprint density at radius 2 is 1.93 bits per heavy atom. The topological polar surface area (TPSA) is 95.7 Å². The van der Waals surface area contributed by atoms with Gasteiger partial charge in [0.25, 0.3) is 5.79 Å². The van der Waals surface area contributed by atoms with E-state index in [-0.39, 0.29) is 22.3 Å². The SMILES string of the molecule is C[C@@]1(c2ccc(Cl)cc2F)Oc2ccnc(-c3ccc(Cc4nc5ccc(C(=O)O)cc5n4C[C@@H]4CCO4)cc3)c2O1. The Hall–Kier alpha value is -4.47. The third kappa shape index (κ3) is 4.64. The Morgan fingerprint density at radius 3 is 2.64 bits per heavy atom. The highest BCUT2D eigenvalue weighted by molar-refractivity contribution is 6.30. The minimum absolute atomic E-state index is 0.0810. The molecule has 8 nitrogen and oxygen atoms in total. The molecule has 0 amide bonds. The van der Waals surface area contributed by atoms with Gasteiger partial charge in [-0.2, -0.15) is 0 Å². The molecule has 2 atom stereocenters. The molecule has 42 heavy (non-hydrogen) atoms. The Labute approximate surface area is 245 Å². The van der Waals surface area contributed by atoms with Gasteiger partial charge in [-0.25, -0.2) is 14.2 Å². The average Bonchev–Trinajstić information content (AvgIpc) is 3.47. The first-order chi connectivity index (χ1) is 20.3. The summed E-state index contributed by atoms with van der Waals surface area (Å²) in [5.41, 5.74) is 4.37. The summed E-state index contributed by atoms with van der Waals surface area (Å²) in [6.07, 6.45) is 3.21. The van der Waals surface area contributed by atoms with Crippen molar-refractivity contribution in [3.05, 3.63) is 106 Å². The standard InChI is InChI=1S/C32H25ClFN3O5/c1-32(23-8-7-21(33)16-24(23)34)41-27-10-12-35-29(30(27)42-32)19-4-2-18(3-5-19)14-28-36-25-9-6-20(31(38)39)15-26(25)37(28)17-22-11-13-40-22/h2-10,12,15-16,22H,11,13-14,17H2,1H3,(H,38,39)/t22-,32+/m0/s1. The van der Waals surface area contributed by atoms with Crippen LogP contribution < -0.4 is 9.47 Å². The molecule has 0 bridgehead atoms. The first-order valence-electron chi connectivity index (χ1n) is 13.5. The van der Waals surface area contributed by atoms with E-state index < -0.39 is 17.6 Å². The molecule has 5 aromatic rings. The third-order valence-electron chi connectivity index (χ3n) is 7.73. The predicted octanol–water partition coefficient (Wildman–Crippen LogP) is 6.61. The Morgan fingerprint density at radius 1 is 1.12 bits per heavy atom. The highest BCUT2D eigenvalue weighted by Crippen LogP contribution is 2.48. The van der Waals surface area contributed by atoms with Crippen LogP contribution in [-0.4, -0.2) is 38.3 Å². The van der Waals surface area contributed by atoms with Crippen LogP contribution >= 0.6 is 11.6 Å². The van der Waals surface area contributed by atoms with Crippen molar-refractivity contribution in [3.63, 3.8) is 0 Å². The maximum absolute atomic E-state index is 14.8. The number of benzene rings is 3. The number of rotatable bonds is 7. The summed E-state index contributed by atoms with van der Waals surface area (Å²) in [4.78, 5) is 21.0. The molecule has 212 valence electrons. The number of carbonyl (C=O) groups is 1. The molecule has 4 heterocycles. The molecule has 1 fully saturated rings.